The maximum absolute atomic E-state index is 11.0. The van der Waals surface area contributed by atoms with Crippen molar-refractivity contribution in [1.82, 2.24) is 5.32 Å². The Morgan fingerprint density at radius 3 is 2.67 bits per heavy atom. The highest BCUT2D eigenvalue weighted by molar-refractivity contribution is 9.11. The molecule has 0 unspecified atom stereocenters. The first-order chi connectivity index (χ1) is 8.66. The lowest BCUT2D eigenvalue weighted by atomic mass is 10.1. The van der Waals surface area contributed by atoms with Crippen LogP contribution in [0.1, 0.15) is 20.8 Å². The molecule has 0 saturated heterocycles. The van der Waals surface area contributed by atoms with Gasteiger partial charge in [-0.05, 0) is 39.7 Å². The molecule has 1 aromatic carbocycles. The second-order valence-corrected chi connectivity index (χ2v) is 6.32. The third-order valence-corrected chi connectivity index (χ3v) is 4.11. The van der Waals surface area contributed by atoms with Crippen molar-refractivity contribution in [3.05, 3.63) is 56.2 Å². The van der Waals surface area contributed by atoms with E-state index in [1.807, 2.05) is 24.3 Å². The van der Waals surface area contributed by atoms with Crippen LogP contribution in [-0.4, -0.2) is 11.1 Å². The number of carbonyl (C=O) groups is 1. The summed E-state index contributed by atoms with van der Waals surface area (Å²) in [5, 5.41) is 12.3. The fourth-order valence-corrected chi connectivity index (χ4v) is 3.10. The molecule has 1 heterocycles. The van der Waals surface area contributed by atoms with Crippen molar-refractivity contribution in [2.45, 2.75) is 13.1 Å². The van der Waals surface area contributed by atoms with E-state index < -0.39 is 5.97 Å². The summed E-state index contributed by atoms with van der Waals surface area (Å²) in [6, 6.07) is 11.1. The summed E-state index contributed by atoms with van der Waals surface area (Å²) in [6.45, 7) is 1.29. The minimum absolute atomic E-state index is 0.359. The van der Waals surface area contributed by atoms with Gasteiger partial charge >= 0.3 is 5.97 Å². The highest BCUT2D eigenvalue weighted by Crippen LogP contribution is 2.21. The number of carboxylic acids is 1. The van der Waals surface area contributed by atoms with E-state index in [0.717, 1.165) is 15.9 Å². The molecule has 2 N–H and O–H groups in total. The third kappa shape index (κ3) is 3.41. The molecular formula is C13H12BrNO2S. The molecule has 1 aromatic heterocycles. The number of benzene rings is 1. The van der Waals surface area contributed by atoms with E-state index in [9.17, 15) is 4.79 Å². The van der Waals surface area contributed by atoms with Crippen LogP contribution in [0.2, 0.25) is 0 Å². The Hall–Kier alpha value is -1.17. The maximum Gasteiger partial charge on any atom is 0.336 e. The predicted molar refractivity (Wildman–Crippen MR) is 76.0 cm³/mol. The Bertz CT molecular complexity index is 553. The first-order valence-corrected chi connectivity index (χ1v) is 7.04. The van der Waals surface area contributed by atoms with Crippen LogP contribution in [0.3, 0.4) is 0 Å². The number of carboxylic acid groups (broad SMARTS) is 1. The molecule has 0 bridgehead atoms. The predicted octanol–water partition coefficient (Wildman–Crippen LogP) is 3.50. The van der Waals surface area contributed by atoms with E-state index in [2.05, 4.69) is 21.2 Å². The molecule has 2 rings (SSSR count). The maximum atomic E-state index is 11.0. The Morgan fingerprint density at radius 2 is 2.00 bits per heavy atom. The van der Waals surface area contributed by atoms with Gasteiger partial charge in [0.05, 0.1) is 9.35 Å². The average Bonchev–Trinajstić information content (AvgIpc) is 2.75. The van der Waals surface area contributed by atoms with Crippen LogP contribution in [0.4, 0.5) is 0 Å². The molecule has 0 aliphatic carbocycles. The average molecular weight is 326 g/mol. The number of hydrogen-bond donors (Lipinski definition) is 2. The van der Waals surface area contributed by atoms with Crippen LogP contribution < -0.4 is 5.32 Å². The fourth-order valence-electron chi connectivity index (χ4n) is 1.65. The summed E-state index contributed by atoms with van der Waals surface area (Å²) in [5.41, 5.74) is 1.16. The van der Waals surface area contributed by atoms with E-state index in [1.165, 1.54) is 4.88 Å². The van der Waals surface area contributed by atoms with Crippen LogP contribution in [0, 0.1) is 0 Å². The second kappa shape index (κ2) is 6.13. The van der Waals surface area contributed by atoms with Crippen molar-refractivity contribution in [2.75, 3.05) is 0 Å². The Morgan fingerprint density at radius 1 is 1.22 bits per heavy atom. The smallest absolute Gasteiger partial charge is 0.336 e. The fraction of sp³-hybridized carbons (Fsp3) is 0.154. The van der Waals surface area contributed by atoms with Gasteiger partial charge in [0.1, 0.15) is 0 Å². The lowest BCUT2D eigenvalue weighted by molar-refractivity contribution is 0.0695. The van der Waals surface area contributed by atoms with E-state index >= 15 is 0 Å². The molecule has 0 spiro atoms. The number of aromatic carboxylic acids is 1. The zero-order chi connectivity index (χ0) is 13.0. The normalized spacial score (nSPS) is 10.5. The molecule has 0 fully saturated rings. The van der Waals surface area contributed by atoms with Gasteiger partial charge in [-0.1, -0.05) is 18.2 Å². The summed E-state index contributed by atoms with van der Waals surface area (Å²) in [7, 11) is 0. The van der Waals surface area contributed by atoms with Crippen molar-refractivity contribution in [2.24, 2.45) is 0 Å². The Balaban J connectivity index is 1.96. The lowest BCUT2D eigenvalue weighted by Gasteiger charge is -2.06. The quantitative estimate of drug-likeness (QED) is 0.884. The number of halogens is 1. The molecule has 18 heavy (non-hydrogen) atoms. The van der Waals surface area contributed by atoms with Gasteiger partial charge in [0.15, 0.2) is 0 Å². The minimum atomic E-state index is -0.883. The van der Waals surface area contributed by atoms with E-state index in [4.69, 9.17) is 5.11 Å². The molecule has 0 radical (unpaired) electrons. The first kappa shape index (κ1) is 13.3. The first-order valence-electron chi connectivity index (χ1n) is 5.43. The van der Waals surface area contributed by atoms with Gasteiger partial charge in [-0.25, -0.2) is 4.79 Å². The molecule has 0 amide bonds. The molecule has 2 aromatic rings. The van der Waals surface area contributed by atoms with E-state index in [1.54, 1.807) is 23.5 Å². The molecule has 3 nitrogen and oxygen atoms in total. The topological polar surface area (TPSA) is 49.3 Å². The van der Waals surface area contributed by atoms with Crippen molar-refractivity contribution >= 4 is 33.2 Å². The molecule has 0 saturated carbocycles. The number of rotatable bonds is 5. The summed E-state index contributed by atoms with van der Waals surface area (Å²) in [4.78, 5) is 12.2. The standard InChI is InChI=1S/C13H12BrNO2S/c14-12-6-5-10(18-12)8-15-7-9-3-1-2-4-11(9)13(16)17/h1-6,15H,7-8H2,(H,16,17). The number of nitrogens with one attached hydrogen (secondary N) is 1. The van der Waals surface area contributed by atoms with Crippen LogP contribution in [0.15, 0.2) is 40.2 Å². The molecule has 0 aliphatic rings. The van der Waals surface area contributed by atoms with Gasteiger partial charge in [0.25, 0.3) is 0 Å². The van der Waals surface area contributed by atoms with Crippen LogP contribution in [0.5, 0.6) is 0 Å². The molecular weight excluding hydrogens is 314 g/mol. The second-order valence-electron chi connectivity index (χ2n) is 3.77. The van der Waals surface area contributed by atoms with E-state index in [-0.39, 0.29) is 0 Å². The zero-order valence-corrected chi connectivity index (χ0v) is 11.9. The zero-order valence-electron chi connectivity index (χ0n) is 9.52. The van der Waals surface area contributed by atoms with Crippen molar-refractivity contribution in [3.8, 4) is 0 Å². The number of thiophene rings is 1. The monoisotopic (exact) mass is 325 g/mol. The van der Waals surface area contributed by atoms with Gasteiger partial charge in [-0.3, -0.25) is 0 Å². The van der Waals surface area contributed by atoms with E-state index in [0.29, 0.717) is 12.1 Å². The van der Waals surface area contributed by atoms with Crippen molar-refractivity contribution in [3.63, 3.8) is 0 Å². The van der Waals surface area contributed by atoms with Crippen LogP contribution in [0.25, 0.3) is 0 Å². The molecule has 0 aliphatic heterocycles. The minimum Gasteiger partial charge on any atom is -0.478 e. The molecule has 94 valence electrons. The SMILES string of the molecule is O=C(O)c1ccccc1CNCc1ccc(Br)s1. The number of hydrogen-bond acceptors (Lipinski definition) is 3. The highest BCUT2D eigenvalue weighted by atomic mass is 79.9. The summed E-state index contributed by atoms with van der Waals surface area (Å²) in [5.74, 6) is -0.883. The largest absolute Gasteiger partial charge is 0.478 e. The lowest BCUT2D eigenvalue weighted by Crippen LogP contribution is -2.14. The Labute approximate surface area is 118 Å². The van der Waals surface area contributed by atoms with Crippen LogP contribution >= 0.6 is 27.3 Å². The summed E-state index contributed by atoms with van der Waals surface area (Å²) in [6.07, 6.45) is 0. The summed E-state index contributed by atoms with van der Waals surface area (Å²) < 4.78 is 1.10. The van der Waals surface area contributed by atoms with Gasteiger partial charge in [-0.15, -0.1) is 11.3 Å². The summed E-state index contributed by atoms with van der Waals surface area (Å²) >= 11 is 5.08. The van der Waals surface area contributed by atoms with Crippen molar-refractivity contribution in [1.29, 1.82) is 0 Å². The van der Waals surface area contributed by atoms with Gasteiger partial charge in [-0.2, -0.15) is 0 Å². The molecule has 0 atom stereocenters. The van der Waals surface area contributed by atoms with Gasteiger partial charge < -0.3 is 10.4 Å². The van der Waals surface area contributed by atoms with Gasteiger partial charge in [0, 0.05) is 18.0 Å². The van der Waals surface area contributed by atoms with Crippen LogP contribution in [-0.2, 0) is 13.1 Å². The van der Waals surface area contributed by atoms with Crippen molar-refractivity contribution < 1.29 is 9.90 Å². The van der Waals surface area contributed by atoms with Gasteiger partial charge in [0.2, 0.25) is 0 Å². The third-order valence-electron chi connectivity index (χ3n) is 2.49. The highest BCUT2D eigenvalue weighted by Gasteiger charge is 2.08. The molecule has 5 heteroatoms. The Kier molecular flexibility index (Phi) is 4.52.